The molecule has 1 aromatic carbocycles. The predicted octanol–water partition coefficient (Wildman–Crippen LogP) is 2.66. The predicted molar refractivity (Wildman–Crippen MR) is 62.1 cm³/mol. The summed E-state index contributed by atoms with van der Waals surface area (Å²) < 4.78 is 5.49. The first-order valence-corrected chi connectivity index (χ1v) is 4.70. The first-order valence-electron chi connectivity index (χ1n) is 4.70. The Morgan fingerprint density at radius 1 is 1.36 bits per heavy atom. The minimum atomic E-state index is 0. The molecule has 0 aromatic heterocycles. The fraction of sp³-hybridized carbons (Fsp3) is 0.455. The third-order valence-corrected chi connectivity index (χ3v) is 2.01. The molecule has 2 nitrogen and oxygen atoms in total. The fourth-order valence-electron chi connectivity index (χ4n) is 1.21. The SMILES string of the molecule is CCCOc1ccc(CN)c(C)c1.Cl. The smallest absolute Gasteiger partial charge is 0.119 e. The van der Waals surface area contributed by atoms with E-state index in [9.17, 15) is 0 Å². The van der Waals surface area contributed by atoms with Crippen LogP contribution in [0.4, 0.5) is 0 Å². The third-order valence-electron chi connectivity index (χ3n) is 2.01. The van der Waals surface area contributed by atoms with Crippen LogP contribution < -0.4 is 10.5 Å². The van der Waals surface area contributed by atoms with Gasteiger partial charge in [0.1, 0.15) is 5.75 Å². The van der Waals surface area contributed by atoms with Gasteiger partial charge in [-0.15, -0.1) is 12.4 Å². The highest BCUT2D eigenvalue weighted by Crippen LogP contribution is 2.16. The van der Waals surface area contributed by atoms with E-state index in [-0.39, 0.29) is 12.4 Å². The number of hydrogen-bond donors (Lipinski definition) is 1. The van der Waals surface area contributed by atoms with Crippen molar-refractivity contribution in [2.24, 2.45) is 5.73 Å². The Labute approximate surface area is 91.9 Å². The summed E-state index contributed by atoms with van der Waals surface area (Å²) >= 11 is 0. The van der Waals surface area contributed by atoms with Crippen molar-refractivity contribution in [3.05, 3.63) is 29.3 Å². The Morgan fingerprint density at radius 2 is 2.07 bits per heavy atom. The molecule has 2 N–H and O–H groups in total. The van der Waals surface area contributed by atoms with Gasteiger partial charge in [-0.3, -0.25) is 0 Å². The van der Waals surface area contributed by atoms with Gasteiger partial charge >= 0.3 is 0 Å². The summed E-state index contributed by atoms with van der Waals surface area (Å²) in [6, 6.07) is 6.04. The van der Waals surface area contributed by atoms with E-state index in [1.807, 2.05) is 18.2 Å². The highest BCUT2D eigenvalue weighted by molar-refractivity contribution is 5.85. The van der Waals surface area contributed by atoms with E-state index in [2.05, 4.69) is 13.8 Å². The maximum atomic E-state index is 5.56. The van der Waals surface area contributed by atoms with Crippen molar-refractivity contribution < 1.29 is 4.74 Å². The summed E-state index contributed by atoms with van der Waals surface area (Å²) in [5.41, 5.74) is 7.95. The second-order valence-corrected chi connectivity index (χ2v) is 3.14. The van der Waals surface area contributed by atoms with E-state index in [4.69, 9.17) is 10.5 Å². The summed E-state index contributed by atoms with van der Waals surface area (Å²) in [6.07, 6.45) is 1.04. The molecule has 1 aromatic rings. The van der Waals surface area contributed by atoms with E-state index < -0.39 is 0 Å². The molecule has 0 atom stereocenters. The maximum Gasteiger partial charge on any atom is 0.119 e. The van der Waals surface area contributed by atoms with Gasteiger partial charge in [-0.25, -0.2) is 0 Å². The van der Waals surface area contributed by atoms with Crippen LogP contribution in [0.1, 0.15) is 24.5 Å². The Hall–Kier alpha value is -0.730. The zero-order valence-electron chi connectivity index (χ0n) is 8.75. The van der Waals surface area contributed by atoms with Gasteiger partial charge in [0.15, 0.2) is 0 Å². The number of rotatable bonds is 4. The van der Waals surface area contributed by atoms with Crippen molar-refractivity contribution in [1.82, 2.24) is 0 Å². The van der Waals surface area contributed by atoms with Gasteiger partial charge in [0.25, 0.3) is 0 Å². The Bertz CT molecular complexity index is 276. The van der Waals surface area contributed by atoms with Crippen molar-refractivity contribution in [1.29, 1.82) is 0 Å². The molecular weight excluding hydrogens is 198 g/mol. The molecule has 0 saturated heterocycles. The van der Waals surface area contributed by atoms with Crippen LogP contribution in [0.5, 0.6) is 5.75 Å². The van der Waals surface area contributed by atoms with Crippen LogP contribution in [-0.2, 0) is 6.54 Å². The molecule has 14 heavy (non-hydrogen) atoms. The lowest BCUT2D eigenvalue weighted by molar-refractivity contribution is 0.317. The average molecular weight is 216 g/mol. The standard InChI is InChI=1S/C11H17NO.ClH/c1-3-6-13-11-5-4-10(8-12)9(2)7-11;/h4-5,7H,3,6,8,12H2,1-2H3;1H. The number of benzene rings is 1. The first kappa shape index (κ1) is 13.3. The van der Waals surface area contributed by atoms with Crippen LogP contribution in [-0.4, -0.2) is 6.61 Å². The lowest BCUT2D eigenvalue weighted by Gasteiger charge is -2.07. The third kappa shape index (κ3) is 3.56. The molecule has 80 valence electrons. The van der Waals surface area contributed by atoms with Crippen LogP contribution in [0.3, 0.4) is 0 Å². The molecule has 0 amide bonds. The lowest BCUT2D eigenvalue weighted by Crippen LogP contribution is -2.00. The Morgan fingerprint density at radius 3 is 2.57 bits per heavy atom. The average Bonchev–Trinajstić information content (AvgIpc) is 2.15. The minimum absolute atomic E-state index is 0. The van der Waals surface area contributed by atoms with Crippen LogP contribution in [0, 0.1) is 6.92 Å². The number of aryl methyl sites for hydroxylation is 1. The van der Waals surface area contributed by atoms with E-state index in [1.165, 1.54) is 11.1 Å². The zero-order chi connectivity index (χ0) is 9.68. The molecule has 0 aliphatic rings. The van der Waals surface area contributed by atoms with Gasteiger partial charge in [-0.2, -0.15) is 0 Å². The van der Waals surface area contributed by atoms with E-state index in [0.29, 0.717) is 6.54 Å². The molecule has 0 aliphatic heterocycles. The molecule has 1 rings (SSSR count). The summed E-state index contributed by atoms with van der Waals surface area (Å²) in [6.45, 7) is 5.53. The lowest BCUT2D eigenvalue weighted by atomic mass is 10.1. The molecule has 0 heterocycles. The summed E-state index contributed by atoms with van der Waals surface area (Å²) in [5, 5.41) is 0. The van der Waals surface area contributed by atoms with Gasteiger partial charge in [-0.1, -0.05) is 13.0 Å². The first-order chi connectivity index (χ1) is 6.27. The second kappa shape index (κ2) is 6.68. The van der Waals surface area contributed by atoms with Crippen LogP contribution in [0.2, 0.25) is 0 Å². The normalized spacial score (nSPS) is 9.36. The van der Waals surface area contributed by atoms with Gasteiger partial charge in [0, 0.05) is 6.54 Å². The Kier molecular flexibility index (Phi) is 6.34. The number of ether oxygens (including phenoxy) is 1. The molecule has 0 unspecified atom stereocenters. The quantitative estimate of drug-likeness (QED) is 0.838. The maximum absolute atomic E-state index is 5.56. The van der Waals surface area contributed by atoms with Crippen molar-refractivity contribution >= 4 is 12.4 Å². The molecule has 0 radical (unpaired) electrons. The highest BCUT2D eigenvalue weighted by atomic mass is 35.5. The van der Waals surface area contributed by atoms with Crippen molar-refractivity contribution in [2.75, 3.05) is 6.61 Å². The molecule has 0 fully saturated rings. The van der Waals surface area contributed by atoms with E-state index in [0.717, 1.165) is 18.8 Å². The van der Waals surface area contributed by atoms with Gasteiger partial charge in [-0.05, 0) is 36.6 Å². The van der Waals surface area contributed by atoms with Crippen LogP contribution >= 0.6 is 12.4 Å². The number of nitrogens with two attached hydrogens (primary N) is 1. The summed E-state index contributed by atoms with van der Waals surface area (Å²) in [7, 11) is 0. The van der Waals surface area contributed by atoms with Gasteiger partial charge in [0.2, 0.25) is 0 Å². The van der Waals surface area contributed by atoms with Crippen LogP contribution in [0.25, 0.3) is 0 Å². The van der Waals surface area contributed by atoms with Crippen molar-refractivity contribution in [3.63, 3.8) is 0 Å². The summed E-state index contributed by atoms with van der Waals surface area (Å²) in [4.78, 5) is 0. The molecule has 3 heteroatoms. The molecule has 0 saturated carbocycles. The van der Waals surface area contributed by atoms with E-state index in [1.54, 1.807) is 0 Å². The molecular formula is C11H18ClNO. The van der Waals surface area contributed by atoms with Crippen molar-refractivity contribution in [3.8, 4) is 5.75 Å². The van der Waals surface area contributed by atoms with Crippen molar-refractivity contribution in [2.45, 2.75) is 26.8 Å². The summed E-state index contributed by atoms with van der Waals surface area (Å²) in [5.74, 6) is 0.941. The molecule has 0 spiro atoms. The second-order valence-electron chi connectivity index (χ2n) is 3.14. The molecule has 0 bridgehead atoms. The Balaban J connectivity index is 0.00000169. The van der Waals surface area contributed by atoms with Gasteiger partial charge < -0.3 is 10.5 Å². The van der Waals surface area contributed by atoms with E-state index >= 15 is 0 Å². The van der Waals surface area contributed by atoms with Gasteiger partial charge in [0.05, 0.1) is 6.61 Å². The van der Waals surface area contributed by atoms with Crippen LogP contribution in [0.15, 0.2) is 18.2 Å². The zero-order valence-corrected chi connectivity index (χ0v) is 9.56. The monoisotopic (exact) mass is 215 g/mol. The highest BCUT2D eigenvalue weighted by Gasteiger charge is 1.98. The topological polar surface area (TPSA) is 35.2 Å². The minimum Gasteiger partial charge on any atom is -0.494 e. The number of halogens is 1. The fourth-order valence-corrected chi connectivity index (χ4v) is 1.21. The number of hydrogen-bond acceptors (Lipinski definition) is 2. The molecule has 0 aliphatic carbocycles. The largest absolute Gasteiger partial charge is 0.494 e.